The summed E-state index contributed by atoms with van der Waals surface area (Å²) in [6.07, 6.45) is 0. The van der Waals surface area contributed by atoms with Gasteiger partial charge in [-0.25, -0.2) is 9.97 Å². The van der Waals surface area contributed by atoms with Gasteiger partial charge in [0.05, 0.1) is 0 Å². The van der Waals surface area contributed by atoms with Crippen molar-refractivity contribution in [2.24, 2.45) is 5.92 Å². The monoisotopic (exact) mass is 207 g/mol. The van der Waals surface area contributed by atoms with Crippen LogP contribution in [0.3, 0.4) is 0 Å². The van der Waals surface area contributed by atoms with Crippen molar-refractivity contribution in [2.45, 2.75) is 27.7 Å². The van der Waals surface area contributed by atoms with Crippen molar-refractivity contribution in [3.05, 3.63) is 17.5 Å². The van der Waals surface area contributed by atoms with E-state index in [0.717, 1.165) is 11.4 Å². The van der Waals surface area contributed by atoms with Crippen LogP contribution >= 0.6 is 0 Å². The zero-order valence-corrected chi connectivity index (χ0v) is 9.90. The highest BCUT2D eigenvalue weighted by Crippen LogP contribution is 2.11. The molecule has 1 heterocycles. The summed E-state index contributed by atoms with van der Waals surface area (Å²) in [5.74, 6) is 0.464. The smallest absolute Gasteiger partial charge is 0.232 e. The van der Waals surface area contributed by atoms with Crippen LogP contribution in [-0.4, -0.2) is 22.9 Å². The zero-order valence-electron chi connectivity index (χ0n) is 9.90. The fourth-order valence-corrected chi connectivity index (χ4v) is 1.34. The fourth-order valence-electron chi connectivity index (χ4n) is 1.34. The van der Waals surface area contributed by atoms with Crippen LogP contribution in [0.5, 0.6) is 0 Å². The third kappa shape index (κ3) is 2.75. The Balaban J connectivity index is 3.00. The van der Waals surface area contributed by atoms with Gasteiger partial charge in [-0.15, -0.1) is 0 Å². The molecule has 0 aromatic carbocycles. The van der Waals surface area contributed by atoms with Crippen LogP contribution in [0.4, 0.5) is 5.95 Å². The van der Waals surface area contributed by atoms with Gasteiger partial charge >= 0.3 is 0 Å². The van der Waals surface area contributed by atoms with Crippen molar-refractivity contribution in [1.82, 2.24) is 9.97 Å². The molecular formula is C11H17N3O. The maximum Gasteiger partial charge on any atom is 0.232 e. The molecule has 82 valence electrons. The summed E-state index contributed by atoms with van der Waals surface area (Å²) in [6.45, 7) is 7.51. The normalized spacial score (nSPS) is 10.5. The van der Waals surface area contributed by atoms with Gasteiger partial charge in [0.1, 0.15) is 0 Å². The molecule has 0 aliphatic carbocycles. The Hall–Kier alpha value is -1.45. The molecule has 0 fully saturated rings. The number of anilines is 1. The number of aromatic nitrogens is 2. The first-order valence-electron chi connectivity index (χ1n) is 5.01. The summed E-state index contributed by atoms with van der Waals surface area (Å²) in [6, 6.07) is 1.89. The van der Waals surface area contributed by atoms with E-state index in [1.165, 1.54) is 4.90 Å². The molecule has 0 spiro atoms. The summed E-state index contributed by atoms with van der Waals surface area (Å²) < 4.78 is 0. The summed E-state index contributed by atoms with van der Waals surface area (Å²) in [7, 11) is 1.70. The number of aryl methyl sites for hydroxylation is 2. The molecule has 4 heteroatoms. The van der Waals surface area contributed by atoms with Crippen LogP contribution in [0.15, 0.2) is 6.07 Å². The molecule has 0 radical (unpaired) electrons. The van der Waals surface area contributed by atoms with E-state index >= 15 is 0 Å². The molecule has 1 rings (SSSR count). The van der Waals surface area contributed by atoms with Gasteiger partial charge < -0.3 is 0 Å². The maximum absolute atomic E-state index is 11.7. The zero-order chi connectivity index (χ0) is 11.6. The lowest BCUT2D eigenvalue weighted by molar-refractivity contribution is -0.121. The third-order valence-corrected chi connectivity index (χ3v) is 2.09. The molecule has 0 atom stereocenters. The SMILES string of the molecule is Cc1cc(C)nc(N(C)C(=O)C(C)C)n1. The predicted molar refractivity (Wildman–Crippen MR) is 59.8 cm³/mol. The average molecular weight is 207 g/mol. The quantitative estimate of drug-likeness (QED) is 0.741. The molecule has 0 N–H and O–H groups in total. The molecule has 0 bridgehead atoms. The second kappa shape index (κ2) is 4.38. The summed E-state index contributed by atoms with van der Waals surface area (Å²) in [5, 5.41) is 0. The molecule has 0 aliphatic heterocycles. The number of rotatable bonds is 2. The molecule has 1 aromatic rings. The topological polar surface area (TPSA) is 46.1 Å². The molecule has 0 saturated carbocycles. The van der Waals surface area contributed by atoms with E-state index in [0.29, 0.717) is 5.95 Å². The van der Waals surface area contributed by atoms with E-state index in [1.807, 2.05) is 33.8 Å². The predicted octanol–water partition coefficient (Wildman–Crippen LogP) is 1.71. The van der Waals surface area contributed by atoms with Crippen LogP contribution in [0.25, 0.3) is 0 Å². The van der Waals surface area contributed by atoms with Crippen LogP contribution in [0.2, 0.25) is 0 Å². The first-order valence-corrected chi connectivity index (χ1v) is 5.01. The number of hydrogen-bond acceptors (Lipinski definition) is 3. The Morgan fingerprint density at radius 2 is 1.73 bits per heavy atom. The van der Waals surface area contributed by atoms with E-state index in [-0.39, 0.29) is 11.8 Å². The number of hydrogen-bond donors (Lipinski definition) is 0. The molecule has 0 unspecified atom stereocenters. The lowest BCUT2D eigenvalue weighted by atomic mass is 10.2. The summed E-state index contributed by atoms with van der Waals surface area (Å²) >= 11 is 0. The molecule has 0 aliphatic rings. The number of carbonyl (C=O) groups is 1. The number of amides is 1. The highest BCUT2D eigenvalue weighted by atomic mass is 16.2. The number of carbonyl (C=O) groups excluding carboxylic acids is 1. The second-order valence-electron chi connectivity index (χ2n) is 4.00. The van der Waals surface area contributed by atoms with Crippen molar-refractivity contribution < 1.29 is 4.79 Å². The molecule has 0 saturated heterocycles. The van der Waals surface area contributed by atoms with Crippen molar-refractivity contribution in [3.8, 4) is 0 Å². The third-order valence-electron chi connectivity index (χ3n) is 2.09. The first kappa shape index (κ1) is 11.6. The average Bonchev–Trinajstić information content (AvgIpc) is 2.13. The molecule has 1 amide bonds. The van der Waals surface area contributed by atoms with Gasteiger partial charge in [0.2, 0.25) is 11.9 Å². The van der Waals surface area contributed by atoms with Gasteiger partial charge in [0, 0.05) is 24.4 Å². The summed E-state index contributed by atoms with van der Waals surface area (Å²) in [4.78, 5) is 21.7. The molecule has 1 aromatic heterocycles. The largest absolute Gasteiger partial charge is 0.284 e. The minimum atomic E-state index is -0.0422. The van der Waals surface area contributed by atoms with Crippen LogP contribution < -0.4 is 4.90 Å². The van der Waals surface area contributed by atoms with Crippen molar-refractivity contribution in [1.29, 1.82) is 0 Å². The lowest BCUT2D eigenvalue weighted by Crippen LogP contribution is -2.32. The highest BCUT2D eigenvalue weighted by molar-refractivity contribution is 5.92. The van der Waals surface area contributed by atoms with Crippen molar-refractivity contribution >= 4 is 11.9 Å². The van der Waals surface area contributed by atoms with Crippen LogP contribution in [-0.2, 0) is 4.79 Å². The highest BCUT2D eigenvalue weighted by Gasteiger charge is 2.17. The number of nitrogens with zero attached hydrogens (tertiary/aromatic N) is 3. The first-order chi connectivity index (χ1) is 6.91. The minimum Gasteiger partial charge on any atom is -0.284 e. The maximum atomic E-state index is 11.7. The Labute approximate surface area is 90.3 Å². The fraction of sp³-hybridized carbons (Fsp3) is 0.545. The molecule has 15 heavy (non-hydrogen) atoms. The Morgan fingerprint density at radius 1 is 1.27 bits per heavy atom. The standard InChI is InChI=1S/C11H17N3O/c1-7(2)10(15)14(5)11-12-8(3)6-9(4)13-11/h6-7H,1-5H3. The van der Waals surface area contributed by atoms with E-state index in [1.54, 1.807) is 7.05 Å². The van der Waals surface area contributed by atoms with Gasteiger partial charge in [0.15, 0.2) is 0 Å². The van der Waals surface area contributed by atoms with E-state index in [9.17, 15) is 4.79 Å². The van der Waals surface area contributed by atoms with E-state index in [2.05, 4.69) is 9.97 Å². The van der Waals surface area contributed by atoms with Gasteiger partial charge in [-0.1, -0.05) is 13.8 Å². The second-order valence-corrected chi connectivity index (χ2v) is 4.00. The van der Waals surface area contributed by atoms with E-state index < -0.39 is 0 Å². The Kier molecular flexibility index (Phi) is 3.39. The van der Waals surface area contributed by atoms with Gasteiger partial charge in [-0.2, -0.15) is 0 Å². The van der Waals surface area contributed by atoms with Gasteiger partial charge in [-0.3, -0.25) is 9.69 Å². The lowest BCUT2D eigenvalue weighted by Gasteiger charge is -2.17. The van der Waals surface area contributed by atoms with Crippen molar-refractivity contribution in [2.75, 3.05) is 11.9 Å². The molecular weight excluding hydrogens is 190 g/mol. The van der Waals surface area contributed by atoms with Crippen LogP contribution in [0, 0.1) is 19.8 Å². The van der Waals surface area contributed by atoms with Crippen LogP contribution in [0.1, 0.15) is 25.2 Å². The van der Waals surface area contributed by atoms with Gasteiger partial charge in [-0.05, 0) is 19.9 Å². The Bertz CT molecular complexity index is 354. The van der Waals surface area contributed by atoms with Crippen molar-refractivity contribution in [3.63, 3.8) is 0 Å². The van der Waals surface area contributed by atoms with E-state index in [4.69, 9.17) is 0 Å². The Morgan fingerprint density at radius 3 is 2.13 bits per heavy atom. The minimum absolute atomic E-state index is 0.0278. The molecule has 4 nitrogen and oxygen atoms in total. The summed E-state index contributed by atoms with van der Waals surface area (Å²) in [5.41, 5.74) is 1.75. The van der Waals surface area contributed by atoms with Gasteiger partial charge in [0.25, 0.3) is 0 Å².